The Morgan fingerprint density at radius 3 is 1.80 bits per heavy atom. The van der Waals surface area contributed by atoms with Crippen molar-refractivity contribution in [1.29, 1.82) is 0 Å². The van der Waals surface area contributed by atoms with Crippen LogP contribution in [0.3, 0.4) is 0 Å². The first-order valence-corrected chi connectivity index (χ1v) is 9.02. The second-order valence-corrected chi connectivity index (χ2v) is 6.18. The molecule has 2 aromatic rings. The molecule has 0 N–H and O–H groups in total. The van der Waals surface area contributed by atoms with Crippen molar-refractivity contribution in [1.82, 2.24) is 0 Å². The van der Waals surface area contributed by atoms with Crippen LogP contribution in [0.5, 0.6) is 5.75 Å². The molecule has 0 fully saturated rings. The van der Waals surface area contributed by atoms with Gasteiger partial charge in [0.2, 0.25) is 0 Å². The summed E-state index contributed by atoms with van der Waals surface area (Å²) in [5.41, 5.74) is 2.40. The lowest BCUT2D eigenvalue weighted by Crippen LogP contribution is -3.00. The Labute approximate surface area is 170 Å². The Bertz CT molecular complexity index is 610. The van der Waals surface area contributed by atoms with Crippen LogP contribution in [0.2, 0.25) is 0 Å². The third kappa shape index (κ3) is 6.83. The van der Waals surface area contributed by atoms with Gasteiger partial charge < -0.3 is 33.2 Å². The SMILES string of the molecule is CC[N+](CC)(CC)CCOc1ccc(C=Cc2ccccc2)cc1.[I-]. The number of quaternary nitrogens is 1. The molecule has 25 heavy (non-hydrogen) atoms. The van der Waals surface area contributed by atoms with E-state index in [1.54, 1.807) is 0 Å². The predicted octanol–water partition coefficient (Wildman–Crippen LogP) is 2.12. The summed E-state index contributed by atoms with van der Waals surface area (Å²) in [4.78, 5) is 0. The van der Waals surface area contributed by atoms with Gasteiger partial charge in [0.05, 0.1) is 19.6 Å². The van der Waals surface area contributed by atoms with Gasteiger partial charge >= 0.3 is 0 Å². The Balaban J connectivity index is 0.00000312. The zero-order valence-corrected chi connectivity index (χ0v) is 17.8. The molecule has 136 valence electrons. The van der Waals surface area contributed by atoms with Crippen molar-refractivity contribution in [2.75, 3.05) is 32.8 Å². The van der Waals surface area contributed by atoms with Crippen molar-refractivity contribution >= 4 is 12.2 Å². The highest BCUT2D eigenvalue weighted by atomic mass is 127. The summed E-state index contributed by atoms with van der Waals surface area (Å²) in [7, 11) is 0. The van der Waals surface area contributed by atoms with E-state index in [0.29, 0.717) is 0 Å². The van der Waals surface area contributed by atoms with Gasteiger partial charge in [-0.25, -0.2) is 0 Å². The highest BCUT2D eigenvalue weighted by Gasteiger charge is 2.20. The van der Waals surface area contributed by atoms with Crippen LogP contribution >= 0.6 is 0 Å². The molecule has 0 bridgehead atoms. The molecule has 0 saturated carbocycles. The number of hydrogen-bond donors (Lipinski definition) is 0. The molecule has 2 nitrogen and oxygen atoms in total. The lowest BCUT2D eigenvalue weighted by Gasteiger charge is -2.35. The second kappa shape index (κ2) is 11.3. The molecular weight excluding hydrogens is 421 g/mol. The third-order valence-electron chi connectivity index (χ3n) is 4.99. The zero-order valence-electron chi connectivity index (χ0n) is 15.6. The lowest BCUT2D eigenvalue weighted by atomic mass is 10.1. The van der Waals surface area contributed by atoms with E-state index in [1.165, 1.54) is 30.8 Å². The van der Waals surface area contributed by atoms with Gasteiger partial charge in [0, 0.05) is 0 Å². The summed E-state index contributed by atoms with van der Waals surface area (Å²) in [5, 5.41) is 0. The average molecular weight is 451 g/mol. The first-order chi connectivity index (χ1) is 11.7. The van der Waals surface area contributed by atoms with Gasteiger partial charge in [-0.2, -0.15) is 0 Å². The van der Waals surface area contributed by atoms with Crippen LogP contribution in [0.4, 0.5) is 0 Å². The highest BCUT2D eigenvalue weighted by molar-refractivity contribution is 5.69. The largest absolute Gasteiger partial charge is 1.00 e. The molecule has 0 unspecified atom stereocenters. The van der Waals surface area contributed by atoms with Crippen molar-refractivity contribution in [3.63, 3.8) is 0 Å². The van der Waals surface area contributed by atoms with Crippen molar-refractivity contribution in [3.05, 3.63) is 65.7 Å². The quantitative estimate of drug-likeness (QED) is 0.323. The van der Waals surface area contributed by atoms with Crippen LogP contribution in [0, 0.1) is 0 Å². The van der Waals surface area contributed by atoms with E-state index < -0.39 is 0 Å². The monoisotopic (exact) mass is 451 g/mol. The maximum Gasteiger partial charge on any atom is 0.137 e. The van der Waals surface area contributed by atoms with E-state index in [4.69, 9.17) is 4.74 Å². The molecular formula is C22H30INO. The zero-order chi connectivity index (χ0) is 17.3. The van der Waals surface area contributed by atoms with Crippen molar-refractivity contribution < 1.29 is 33.2 Å². The average Bonchev–Trinajstić information content (AvgIpc) is 2.66. The van der Waals surface area contributed by atoms with Gasteiger partial charge in [0.25, 0.3) is 0 Å². The summed E-state index contributed by atoms with van der Waals surface area (Å²) in [6.07, 6.45) is 4.26. The topological polar surface area (TPSA) is 9.23 Å². The van der Waals surface area contributed by atoms with Crippen molar-refractivity contribution in [2.45, 2.75) is 20.8 Å². The van der Waals surface area contributed by atoms with Crippen LogP contribution < -0.4 is 28.7 Å². The minimum Gasteiger partial charge on any atom is -1.00 e. The normalized spacial score (nSPS) is 11.3. The Hall–Kier alpha value is -1.33. The smallest absolute Gasteiger partial charge is 0.137 e. The summed E-state index contributed by atoms with van der Waals surface area (Å²) in [6.45, 7) is 12.1. The summed E-state index contributed by atoms with van der Waals surface area (Å²) >= 11 is 0. The first kappa shape index (κ1) is 21.7. The first-order valence-electron chi connectivity index (χ1n) is 9.02. The van der Waals surface area contributed by atoms with E-state index in [1.807, 2.05) is 6.07 Å². The molecule has 0 radical (unpaired) electrons. The summed E-state index contributed by atoms with van der Waals surface area (Å²) < 4.78 is 7.07. The molecule has 3 heteroatoms. The minimum absolute atomic E-state index is 0. The molecule has 0 spiro atoms. The van der Waals surface area contributed by atoms with E-state index in [9.17, 15) is 0 Å². The Morgan fingerprint density at radius 1 is 0.760 bits per heavy atom. The van der Waals surface area contributed by atoms with E-state index >= 15 is 0 Å². The summed E-state index contributed by atoms with van der Waals surface area (Å²) in [6, 6.07) is 18.7. The number of benzene rings is 2. The maximum absolute atomic E-state index is 5.95. The minimum atomic E-state index is 0. The van der Waals surface area contributed by atoms with Crippen molar-refractivity contribution in [2.24, 2.45) is 0 Å². The van der Waals surface area contributed by atoms with E-state index in [2.05, 4.69) is 81.5 Å². The highest BCUT2D eigenvalue weighted by Crippen LogP contribution is 2.15. The number of likely N-dealkylation sites (N-methyl/N-ethyl adjacent to an activating group) is 1. The molecule has 2 aromatic carbocycles. The number of halogens is 1. The molecule has 0 aliphatic heterocycles. The molecule has 2 rings (SSSR count). The molecule has 0 atom stereocenters. The van der Waals surface area contributed by atoms with Gasteiger partial charge in [-0.3, -0.25) is 0 Å². The van der Waals surface area contributed by atoms with Gasteiger partial charge in [-0.15, -0.1) is 0 Å². The van der Waals surface area contributed by atoms with Crippen LogP contribution in [-0.2, 0) is 0 Å². The fourth-order valence-electron chi connectivity index (χ4n) is 2.93. The van der Waals surface area contributed by atoms with Crippen LogP contribution in [0.15, 0.2) is 54.6 Å². The van der Waals surface area contributed by atoms with Crippen LogP contribution in [-0.4, -0.2) is 37.3 Å². The maximum atomic E-state index is 5.95. The third-order valence-corrected chi connectivity index (χ3v) is 4.99. The predicted molar refractivity (Wildman–Crippen MR) is 104 cm³/mol. The van der Waals surface area contributed by atoms with Crippen LogP contribution in [0.25, 0.3) is 12.2 Å². The molecule has 0 aliphatic carbocycles. The number of ether oxygens (including phenoxy) is 1. The fraction of sp³-hybridized carbons (Fsp3) is 0.364. The molecule has 0 aromatic heterocycles. The van der Waals surface area contributed by atoms with Gasteiger partial charge in [-0.1, -0.05) is 54.6 Å². The van der Waals surface area contributed by atoms with Gasteiger partial charge in [0.15, 0.2) is 0 Å². The Kier molecular flexibility index (Phi) is 9.83. The molecule has 0 heterocycles. The van der Waals surface area contributed by atoms with Gasteiger partial charge in [0.1, 0.15) is 18.9 Å². The standard InChI is InChI=1S/C22H30NO.HI/c1-4-23(5-2,6-3)18-19-24-22-16-14-21(15-17-22)13-12-20-10-8-7-9-11-20;/h7-17H,4-6,18-19H2,1-3H3;1H/q+1;/p-1. The van der Waals surface area contributed by atoms with Gasteiger partial charge in [-0.05, 0) is 44.0 Å². The second-order valence-electron chi connectivity index (χ2n) is 6.18. The van der Waals surface area contributed by atoms with E-state index in [0.717, 1.165) is 23.4 Å². The fourth-order valence-corrected chi connectivity index (χ4v) is 2.93. The summed E-state index contributed by atoms with van der Waals surface area (Å²) in [5.74, 6) is 0.952. The molecule has 0 amide bonds. The molecule has 0 saturated heterocycles. The number of hydrogen-bond acceptors (Lipinski definition) is 1. The lowest BCUT2D eigenvalue weighted by molar-refractivity contribution is -0.923. The Morgan fingerprint density at radius 2 is 1.28 bits per heavy atom. The number of rotatable bonds is 9. The van der Waals surface area contributed by atoms with Crippen LogP contribution in [0.1, 0.15) is 31.9 Å². The molecule has 0 aliphatic rings. The van der Waals surface area contributed by atoms with E-state index in [-0.39, 0.29) is 24.0 Å². The number of nitrogens with zero attached hydrogens (tertiary/aromatic N) is 1. The van der Waals surface area contributed by atoms with Crippen molar-refractivity contribution in [3.8, 4) is 5.75 Å².